The van der Waals surface area contributed by atoms with E-state index in [2.05, 4.69) is 43.5 Å². The average molecular weight is 687 g/mol. The highest BCUT2D eigenvalue weighted by molar-refractivity contribution is 5.81. The molecule has 1 aliphatic carbocycles. The molecule has 2 N–H and O–H groups in total. The predicted molar refractivity (Wildman–Crippen MR) is 199 cm³/mol. The molecule has 1 aliphatic rings. The number of amides is 1. The first-order valence-electron chi connectivity index (χ1n) is 18.3. The van der Waals surface area contributed by atoms with Gasteiger partial charge in [0.2, 0.25) is 5.91 Å². The van der Waals surface area contributed by atoms with Crippen molar-refractivity contribution in [2.75, 3.05) is 27.4 Å². The molecule has 8 nitrogen and oxygen atoms in total. The monoisotopic (exact) mass is 686 g/mol. The molecule has 1 saturated carbocycles. The molecule has 272 valence electrons. The second-order valence-corrected chi connectivity index (χ2v) is 14.4. The van der Waals surface area contributed by atoms with Crippen molar-refractivity contribution in [1.29, 1.82) is 0 Å². The van der Waals surface area contributed by atoms with E-state index < -0.39 is 11.6 Å². The summed E-state index contributed by atoms with van der Waals surface area (Å²) < 4.78 is 23.9. The fourth-order valence-corrected chi connectivity index (χ4v) is 6.78. The van der Waals surface area contributed by atoms with Crippen molar-refractivity contribution >= 4 is 11.9 Å². The number of benzene rings is 3. The zero-order valence-corrected chi connectivity index (χ0v) is 30.8. The van der Waals surface area contributed by atoms with Crippen molar-refractivity contribution in [1.82, 2.24) is 10.6 Å². The zero-order valence-electron chi connectivity index (χ0n) is 30.8. The van der Waals surface area contributed by atoms with Gasteiger partial charge in [-0.25, -0.2) is 0 Å². The van der Waals surface area contributed by atoms with Crippen LogP contribution in [-0.4, -0.2) is 56.9 Å². The van der Waals surface area contributed by atoms with Crippen molar-refractivity contribution in [2.24, 2.45) is 0 Å². The Balaban J connectivity index is 1.49. The number of carbonyl (C=O) groups excluding carboxylic acids is 2. The first-order chi connectivity index (χ1) is 24.1. The SMILES string of the molecule is COc1ccc(C(OC[C@@H](COC(=O)CCC(=O)NC2CCCCCCCCC2)NC(C)(C)C)(c2ccccc2)c2ccc(OC)cc2)cc1. The van der Waals surface area contributed by atoms with Crippen molar-refractivity contribution in [2.45, 2.75) is 115 Å². The van der Waals surface area contributed by atoms with E-state index in [0.29, 0.717) is 0 Å². The second kappa shape index (κ2) is 19.5. The maximum absolute atomic E-state index is 13.0. The molecule has 0 bridgehead atoms. The molecule has 0 unspecified atom stereocenters. The molecular weight excluding hydrogens is 628 g/mol. The Morgan fingerprint density at radius 3 is 1.68 bits per heavy atom. The summed E-state index contributed by atoms with van der Waals surface area (Å²) >= 11 is 0. The third-order valence-electron chi connectivity index (χ3n) is 9.28. The Bertz CT molecular complexity index is 1380. The Labute approximate surface area is 299 Å². The van der Waals surface area contributed by atoms with Crippen LogP contribution in [0.3, 0.4) is 0 Å². The lowest BCUT2D eigenvalue weighted by Crippen LogP contribution is -2.50. The quantitative estimate of drug-likeness (QED) is 0.123. The summed E-state index contributed by atoms with van der Waals surface area (Å²) in [5.74, 6) is 1.01. The molecule has 0 aliphatic heterocycles. The minimum absolute atomic E-state index is 0.0350. The standard InChI is InChI=1S/C42H58N2O6/c1-41(2,3)44-36(30-49-40(46)29-28-39(45)43-35-18-14-9-7-6-8-10-15-19-35)31-50-42(32-16-12-11-13-17-32,33-20-24-37(47-4)25-21-33)34-22-26-38(48-5)27-23-34/h11-13,16-17,20-27,35-36,44H,6-10,14-15,18-19,28-31H2,1-5H3,(H,43,45)/t36-/m1/s1. The van der Waals surface area contributed by atoms with Crippen LogP contribution in [-0.2, 0) is 24.7 Å². The van der Waals surface area contributed by atoms with Crippen LogP contribution >= 0.6 is 0 Å². The number of hydrogen-bond donors (Lipinski definition) is 2. The Morgan fingerprint density at radius 2 is 1.18 bits per heavy atom. The van der Waals surface area contributed by atoms with Crippen LogP contribution in [0.5, 0.6) is 11.5 Å². The number of rotatable bonds is 15. The summed E-state index contributed by atoms with van der Waals surface area (Å²) in [5, 5.41) is 6.78. The number of hydrogen-bond acceptors (Lipinski definition) is 7. The topological polar surface area (TPSA) is 95.1 Å². The molecule has 0 aromatic heterocycles. The Morgan fingerprint density at radius 1 is 0.680 bits per heavy atom. The molecule has 1 fully saturated rings. The summed E-state index contributed by atoms with van der Waals surface area (Å²) in [4.78, 5) is 25.8. The summed E-state index contributed by atoms with van der Waals surface area (Å²) in [7, 11) is 3.30. The van der Waals surface area contributed by atoms with Crippen molar-refractivity contribution in [3.05, 3.63) is 95.6 Å². The fourth-order valence-electron chi connectivity index (χ4n) is 6.78. The molecule has 0 spiro atoms. The van der Waals surface area contributed by atoms with Gasteiger partial charge in [-0.3, -0.25) is 9.59 Å². The van der Waals surface area contributed by atoms with Gasteiger partial charge in [-0.15, -0.1) is 0 Å². The first-order valence-corrected chi connectivity index (χ1v) is 18.3. The van der Waals surface area contributed by atoms with Crippen LogP contribution in [0.25, 0.3) is 0 Å². The maximum atomic E-state index is 13.0. The maximum Gasteiger partial charge on any atom is 0.306 e. The molecule has 0 saturated heterocycles. The van der Waals surface area contributed by atoms with Crippen LogP contribution in [0.4, 0.5) is 0 Å². The van der Waals surface area contributed by atoms with Gasteiger partial charge in [-0.1, -0.05) is 99.5 Å². The van der Waals surface area contributed by atoms with Gasteiger partial charge in [0.1, 0.15) is 23.7 Å². The van der Waals surface area contributed by atoms with Crippen molar-refractivity contribution in [3.63, 3.8) is 0 Å². The van der Waals surface area contributed by atoms with Gasteiger partial charge < -0.3 is 29.6 Å². The van der Waals surface area contributed by atoms with Crippen LogP contribution in [0.1, 0.15) is 108 Å². The summed E-state index contributed by atoms with van der Waals surface area (Å²) in [6.07, 6.45) is 10.8. The lowest BCUT2D eigenvalue weighted by Gasteiger charge is -2.38. The summed E-state index contributed by atoms with van der Waals surface area (Å²) in [6.45, 7) is 6.53. The molecule has 1 atom stereocenters. The number of nitrogens with one attached hydrogen (secondary N) is 2. The van der Waals surface area contributed by atoms with E-state index in [1.165, 1.54) is 32.1 Å². The highest BCUT2D eigenvalue weighted by Crippen LogP contribution is 2.41. The average Bonchev–Trinajstić information content (AvgIpc) is 3.13. The minimum Gasteiger partial charge on any atom is -0.497 e. The van der Waals surface area contributed by atoms with E-state index in [9.17, 15) is 9.59 Å². The normalized spacial score (nSPS) is 15.5. The number of ether oxygens (including phenoxy) is 4. The van der Waals surface area contributed by atoms with Gasteiger partial charge in [0.05, 0.1) is 33.3 Å². The van der Waals surface area contributed by atoms with E-state index in [-0.39, 0.29) is 49.6 Å². The van der Waals surface area contributed by atoms with Crippen molar-refractivity contribution < 1.29 is 28.5 Å². The minimum atomic E-state index is -1.01. The van der Waals surface area contributed by atoms with E-state index in [0.717, 1.165) is 53.9 Å². The van der Waals surface area contributed by atoms with Gasteiger partial charge in [0.15, 0.2) is 0 Å². The second-order valence-electron chi connectivity index (χ2n) is 14.4. The third kappa shape index (κ3) is 11.9. The van der Waals surface area contributed by atoms with Gasteiger partial charge in [0.25, 0.3) is 0 Å². The molecule has 4 rings (SSSR count). The highest BCUT2D eigenvalue weighted by atomic mass is 16.5. The Kier molecular flexibility index (Phi) is 15.2. The van der Waals surface area contributed by atoms with Crippen LogP contribution in [0, 0.1) is 0 Å². The zero-order chi connectivity index (χ0) is 35.8. The van der Waals surface area contributed by atoms with Crippen LogP contribution in [0.2, 0.25) is 0 Å². The predicted octanol–water partition coefficient (Wildman–Crippen LogP) is 8.10. The van der Waals surface area contributed by atoms with Gasteiger partial charge in [0, 0.05) is 18.0 Å². The lowest BCUT2D eigenvalue weighted by molar-refractivity contribution is -0.146. The van der Waals surface area contributed by atoms with Gasteiger partial charge in [-0.05, 0) is 74.6 Å². The third-order valence-corrected chi connectivity index (χ3v) is 9.28. The van der Waals surface area contributed by atoms with Crippen LogP contribution in [0.15, 0.2) is 78.9 Å². The van der Waals surface area contributed by atoms with E-state index in [4.69, 9.17) is 18.9 Å². The molecule has 0 radical (unpaired) electrons. The molecule has 8 heteroatoms. The highest BCUT2D eigenvalue weighted by Gasteiger charge is 2.39. The Hall–Kier alpha value is -3.88. The first kappa shape index (κ1) is 38.9. The van der Waals surface area contributed by atoms with Gasteiger partial charge >= 0.3 is 5.97 Å². The lowest BCUT2D eigenvalue weighted by atomic mass is 9.80. The van der Waals surface area contributed by atoms with E-state index >= 15 is 0 Å². The molecule has 3 aromatic carbocycles. The van der Waals surface area contributed by atoms with Gasteiger partial charge in [-0.2, -0.15) is 0 Å². The number of methoxy groups -OCH3 is 2. The van der Waals surface area contributed by atoms with E-state index in [1.807, 2.05) is 66.7 Å². The molecule has 1 amide bonds. The fraction of sp³-hybridized carbons (Fsp3) is 0.524. The summed E-state index contributed by atoms with van der Waals surface area (Å²) in [6, 6.07) is 25.8. The van der Waals surface area contributed by atoms with Crippen LogP contribution < -0.4 is 20.1 Å². The molecule has 3 aromatic rings. The molecular formula is C42H58N2O6. The summed E-state index contributed by atoms with van der Waals surface area (Å²) in [5.41, 5.74) is 1.49. The number of esters is 1. The van der Waals surface area contributed by atoms with Crippen molar-refractivity contribution in [3.8, 4) is 11.5 Å². The molecule has 50 heavy (non-hydrogen) atoms. The molecule has 0 heterocycles. The largest absolute Gasteiger partial charge is 0.497 e. The smallest absolute Gasteiger partial charge is 0.306 e. The number of carbonyl (C=O) groups is 2. The van der Waals surface area contributed by atoms with E-state index in [1.54, 1.807) is 14.2 Å².